The average molecular weight is 634 g/mol. The molecule has 7 nitrogen and oxygen atoms in total. The lowest BCUT2D eigenvalue weighted by Crippen LogP contribution is -2.56. The number of unbranched alkanes of at least 4 members (excludes halogenated alkanes) is 3. The molecule has 1 spiro atoms. The van der Waals surface area contributed by atoms with Crippen molar-refractivity contribution in [2.45, 2.75) is 73.2 Å². The van der Waals surface area contributed by atoms with Gasteiger partial charge in [0.05, 0.1) is 23.2 Å². The molecule has 0 aliphatic carbocycles. The maximum atomic E-state index is 14.7. The number of aryl methyl sites for hydroxylation is 2. The molecule has 218 valence electrons. The second-order valence-electron chi connectivity index (χ2n) is 11.1. The number of carbonyl (C=O) groups is 3. The maximum Gasteiger partial charge on any atom is 0.310 e. The minimum Gasteiger partial charge on any atom is -0.465 e. The van der Waals surface area contributed by atoms with Crippen LogP contribution in [-0.4, -0.2) is 75.0 Å². The van der Waals surface area contributed by atoms with Gasteiger partial charge in [-0.25, -0.2) is 0 Å². The van der Waals surface area contributed by atoms with Gasteiger partial charge >= 0.3 is 5.97 Å². The van der Waals surface area contributed by atoms with Crippen LogP contribution in [0.1, 0.15) is 49.7 Å². The van der Waals surface area contributed by atoms with Crippen LogP contribution >= 0.6 is 27.7 Å². The van der Waals surface area contributed by atoms with E-state index < -0.39 is 22.6 Å². The molecule has 3 fully saturated rings. The average Bonchev–Trinajstić information content (AvgIpc) is 3.51. The molecule has 4 rings (SSSR count). The molecule has 40 heavy (non-hydrogen) atoms. The summed E-state index contributed by atoms with van der Waals surface area (Å²) >= 11 is 5.44. The number of likely N-dealkylation sites (tertiary alicyclic amines) is 1. The van der Waals surface area contributed by atoms with Gasteiger partial charge < -0.3 is 19.6 Å². The highest BCUT2D eigenvalue weighted by molar-refractivity contribution is 9.09. The van der Waals surface area contributed by atoms with E-state index >= 15 is 0 Å². The van der Waals surface area contributed by atoms with Gasteiger partial charge in [0.2, 0.25) is 5.91 Å². The molecule has 1 N–H and O–H groups in total. The van der Waals surface area contributed by atoms with Gasteiger partial charge in [0.25, 0.3) is 5.91 Å². The van der Waals surface area contributed by atoms with Gasteiger partial charge in [-0.1, -0.05) is 59.1 Å². The number of carbonyl (C=O) groups excluding carboxylic acids is 3. The number of para-hydroxylation sites is 1. The monoisotopic (exact) mass is 632 g/mol. The second-order valence-corrected chi connectivity index (χ2v) is 13.8. The van der Waals surface area contributed by atoms with Crippen LogP contribution in [0.2, 0.25) is 0 Å². The lowest BCUT2D eigenvalue weighted by atomic mass is 9.71. The maximum absolute atomic E-state index is 14.7. The summed E-state index contributed by atoms with van der Waals surface area (Å²) in [5.41, 5.74) is 2.81. The van der Waals surface area contributed by atoms with Crippen LogP contribution in [0.3, 0.4) is 0 Å². The molecule has 6 atom stereocenters. The van der Waals surface area contributed by atoms with Gasteiger partial charge in [-0.05, 0) is 50.7 Å². The van der Waals surface area contributed by atoms with Crippen molar-refractivity contribution in [3.63, 3.8) is 0 Å². The number of fused-ring (bicyclic) bond motifs is 1. The van der Waals surface area contributed by atoms with Crippen LogP contribution in [0, 0.1) is 25.7 Å². The number of halogens is 1. The smallest absolute Gasteiger partial charge is 0.310 e. The fourth-order valence-corrected chi connectivity index (χ4v) is 10.4. The predicted octanol–water partition coefficient (Wildman–Crippen LogP) is 4.96. The van der Waals surface area contributed by atoms with E-state index in [1.807, 2.05) is 32.0 Å². The van der Waals surface area contributed by atoms with Crippen molar-refractivity contribution in [3.8, 4) is 0 Å². The summed E-state index contributed by atoms with van der Waals surface area (Å²) in [4.78, 5) is 45.9. The Labute approximate surface area is 250 Å². The summed E-state index contributed by atoms with van der Waals surface area (Å²) in [6, 6.07) is 5.25. The zero-order chi connectivity index (χ0) is 29.0. The third-order valence-electron chi connectivity index (χ3n) is 8.46. The minimum atomic E-state index is -0.726. The summed E-state index contributed by atoms with van der Waals surface area (Å²) in [6.07, 6.45) is 7.74. The highest BCUT2D eigenvalue weighted by Crippen LogP contribution is 2.68. The van der Waals surface area contributed by atoms with Crippen molar-refractivity contribution >= 4 is 51.2 Å². The van der Waals surface area contributed by atoms with E-state index in [1.165, 1.54) is 0 Å². The number of hydrogen-bond donors (Lipinski definition) is 1. The molecule has 2 bridgehead atoms. The number of benzene rings is 1. The van der Waals surface area contributed by atoms with Crippen molar-refractivity contribution in [3.05, 3.63) is 54.6 Å². The lowest BCUT2D eigenvalue weighted by molar-refractivity contribution is -0.154. The van der Waals surface area contributed by atoms with Gasteiger partial charge in [0.15, 0.2) is 0 Å². The number of esters is 1. The zero-order valence-corrected chi connectivity index (χ0v) is 25.9. The molecule has 0 saturated carbocycles. The van der Waals surface area contributed by atoms with E-state index in [0.717, 1.165) is 36.1 Å². The third kappa shape index (κ3) is 5.53. The van der Waals surface area contributed by atoms with Crippen LogP contribution in [-0.2, 0) is 19.1 Å². The number of amides is 2. The van der Waals surface area contributed by atoms with E-state index in [2.05, 4.69) is 29.1 Å². The van der Waals surface area contributed by atoms with Crippen molar-refractivity contribution in [2.24, 2.45) is 11.8 Å². The van der Waals surface area contributed by atoms with Crippen molar-refractivity contribution in [1.82, 2.24) is 4.90 Å². The Morgan fingerprint density at radius 1 is 1.20 bits per heavy atom. The van der Waals surface area contributed by atoms with E-state index in [0.29, 0.717) is 32.4 Å². The molecular formula is C31H41BrN2O5S. The van der Waals surface area contributed by atoms with E-state index in [4.69, 9.17) is 4.74 Å². The Balaban J connectivity index is 1.74. The Kier molecular flexibility index (Phi) is 10.2. The fraction of sp³-hybridized carbons (Fsp3) is 0.581. The van der Waals surface area contributed by atoms with Gasteiger partial charge in [-0.3, -0.25) is 14.4 Å². The largest absolute Gasteiger partial charge is 0.465 e. The standard InChI is InChI=1S/C31H41BrN2O5S/c1-5-7-18-39-30(38)23-24-28(36)34(16-10-8-9-11-17-35)27(31(24)19-22(32)26(23)40-31)29(37)33(15-6-2)25-20(3)13-12-14-21(25)4/h5-6,12-14,22-24,26-27,35H,1-2,7-11,15-19H2,3-4H3/t22?,23-,24+,26-,27?,31?/m1/s1. The number of thioether (sulfide) groups is 1. The first-order valence-corrected chi connectivity index (χ1v) is 16.0. The second kappa shape index (κ2) is 13.3. The molecule has 3 heterocycles. The van der Waals surface area contributed by atoms with Gasteiger partial charge in [0.1, 0.15) is 6.04 Å². The molecule has 1 aromatic rings. The van der Waals surface area contributed by atoms with Crippen LogP contribution in [0.15, 0.2) is 43.5 Å². The summed E-state index contributed by atoms with van der Waals surface area (Å²) in [7, 11) is 0. The molecule has 2 amide bonds. The summed E-state index contributed by atoms with van der Waals surface area (Å²) in [6.45, 7) is 12.7. The summed E-state index contributed by atoms with van der Waals surface area (Å²) < 4.78 is 4.89. The number of aliphatic hydroxyl groups excluding tert-OH is 1. The molecule has 1 aromatic carbocycles. The Bertz CT molecular complexity index is 1120. The summed E-state index contributed by atoms with van der Waals surface area (Å²) in [5, 5.41) is 9.04. The first-order chi connectivity index (χ1) is 19.2. The number of rotatable bonds is 14. The van der Waals surface area contributed by atoms with Crippen molar-refractivity contribution in [2.75, 3.05) is 31.2 Å². The van der Waals surface area contributed by atoms with Crippen molar-refractivity contribution in [1.29, 1.82) is 0 Å². The van der Waals surface area contributed by atoms with Gasteiger partial charge in [0, 0.05) is 35.5 Å². The van der Waals surface area contributed by atoms with E-state index in [9.17, 15) is 19.5 Å². The van der Waals surface area contributed by atoms with Gasteiger partial charge in [-0.15, -0.1) is 24.9 Å². The molecule has 0 aromatic heterocycles. The number of alkyl halides is 1. The zero-order valence-electron chi connectivity index (χ0n) is 23.5. The first kappa shape index (κ1) is 30.8. The highest BCUT2D eigenvalue weighted by atomic mass is 79.9. The van der Waals surface area contributed by atoms with Crippen LogP contribution in [0.4, 0.5) is 5.69 Å². The highest BCUT2D eigenvalue weighted by Gasteiger charge is 2.76. The molecule has 9 heteroatoms. The molecule has 0 radical (unpaired) electrons. The molecule has 3 saturated heterocycles. The normalized spacial score (nSPS) is 28.4. The number of hydrogen-bond acceptors (Lipinski definition) is 6. The summed E-state index contributed by atoms with van der Waals surface area (Å²) in [5.74, 6) is -1.83. The Morgan fingerprint density at radius 2 is 1.90 bits per heavy atom. The Hall–Kier alpha value is -2.10. The van der Waals surface area contributed by atoms with Crippen LogP contribution in [0.5, 0.6) is 0 Å². The van der Waals surface area contributed by atoms with E-state index in [-0.39, 0.29) is 41.1 Å². The minimum absolute atomic E-state index is 0.00800. The molecular weight excluding hydrogens is 592 g/mol. The molecule has 3 unspecified atom stereocenters. The third-order valence-corrected chi connectivity index (χ3v) is 11.7. The Morgan fingerprint density at radius 3 is 2.55 bits per heavy atom. The molecule has 3 aliphatic heterocycles. The van der Waals surface area contributed by atoms with Crippen molar-refractivity contribution < 1.29 is 24.2 Å². The lowest BCUT2D eigenvalue weighted by Gasteiger charge is -2.38. The van der Waals surface area contributed by atoms with Crippen LogP contribution < -0.4 is 4.90 Å². The molecule has 3 aliphatic rings. The first-order valence-electron chi connectivity index (χ1n) is 14.2. The SMILES string of the molecule is C=CCCOC(=O)[C@H]1[C@@H]2SC3(CC2Br)C(C(=O)N(CC=C)c2c(C)cccc2C)N(CCCCCCO)C(=O)[C@H]13. The predicted molar refractivity (Wildman–Crippen MR) is 164 cm³/mol. The quantitative estimate of drug-likeness (QED) is 0.135. The number of nitrogens with zero attached hydrogens (tertiary/aromatic N) is 2. The van der Waals surface area contributed by atoms with E-state index in [1.54, 1.807) is 33.7 Å². The number of ether oxygens (including phenoxy) is 1. The van der Waals surface area contributed by atoms with Gasteiger partial charge in [-0.2, -0.15) is 0 Å². The number of anilines is 1. The fourth-order valence-electron chi connectivity index (χ4n) is 6.80. The van der Waals surface area contributed by atoms with Crippen LogP contribution in [0.25, 0.3) is 0 Å². The number of aliphatic hydroxyl groups is 1. The topological polar surface area (TPSA) is 87.2 Å².